The molecule has 3 aromatic rings. The second-order valence-corrected chi connectivity index (χ2v) is 9.00. The molecule has 1 aliphatic heterocycles. The number of carbonyl (C=O) groups excluding carboxylic acids is 2. The molecular weight excluding hydrogens is 422 g/mol. The fourth-order valence-corrected chi connectivity index (χ4v) is 4.17. The Kier molecular flexibility index (Phi) is 7.21. The smallest absolute Gasteiger partial charge is 0.240 e. The number of amides is 2. The van der Waals surface area contributed by atoms with E-state index in [2.05, 4.69) is 43.4 Å². The van der Waals surface area contributed by atoms with Crippen molar-refractivity contribution in [1.29, 1.82) is 0 Å². The first-order valence-electron chi connectivity index (χ1n) is 11.8. The Morgan fingerprint density at radius 1 is 1.00 bits per heavy atom. The van der Waals surface area contributed by atoms with Gasteiger partial charge in [-0.2, -0.15) is 0 Å². The predicted molar refractivity (Wildman–Crippen MR) is 138 cm³/mol. The van der Waals surface area contributed by atoms with Crippen molar-refractivity contribution in [1.82, 2.24) is 5.32 Å². The molecule has 1 unspecified atom stereocenters. The first kappa shape index (κ1) is 23.4. The van der Waals surface area contributed by atoms with Crippen LogP contribution in [0.2, 0.25) is 0 Å². The maximum atomic E-state index is 13.3. The van der Waals surface area contributed by atoms with Gasteiger partial charge in [-0.3, -0.25) is 14.6 Å². The van der Waals surface area contributed by atoms with E-state index < -0.39 is 0 Å². The molecule has 2 amide bonds. The number of carbonyl (C=O) groups is 2. The van der Waals surface area contributed by atoms with Gasteiger partial charge in [0.05, 0.1) is 23.5 Å². The number of nitrogens with one attached hydrogen (secondary N) is 1. The first-order valence-corrected chi connectivity index (χ1v) is 11.8. The molecule has 5 nitrogen and oxygen atoms in total. The van der Waals surface area contributed by atoms with E-state index in [0.29, 0.717) is 11.4 Å². The van der Waals surface area contributed by atoms with Gasteiger partial charge in [-0.1, -0.05) is 54.6 Å². The highest BCUT2D eigenvalue weighted by atomic mass is 16.2. The summed E-state index contributed by atoms with van der Waals surface area (Å²) in [6.07, 6.45) is 1.87. The molecule has 0 saturated heterocycles. The van der Waals surface area contributed by atoms with Crippen LogP contribution >= 0.6 is 0 Å². The molecule has 0 spiro atoms. The number of aliphatic imine (C=N–C) groups is 1. The van der Waals surface area contributed by atoms with E-state index in [1.54, 1.807) is 4.90 Å². The molecule has 0 bridgehead atoms. The Labute approximate surface area is 201 Å². The summed E-state index contributed by atoms with van der Waals surface area (Å²) in [5.74, 6) is -0.299. The van der Waals surface area contributed by atoms with Crippen molar-refractivity contribution in [2.45, 2.75) is 46.1 Å². The van der Waals surface area contributed by atoms with Crippen molar-refractivity contribution in [3.8, 4) is 0 Å². The molecule has 1 atom stereocenters. The Morgan fingerprint density at radius 3 is 2.50 bits per heavy atom. The van der Waals surface area contributed by atoms with Crippen LogP contribution in [0, 0.1) is 13.8 Å². The highest BCUT2D eigenvalue weighted by molar-refractivity contribution is 6.18. The van der Waals surface area contributed by atoms with Crippen molar-refractivity contribution in [3.05, 3.63) is 95.1 Å². The number of hydrogen-bond donors (Lipinski definition) is 1. The van der Waals surface area contributed by atoms with Gasteiger partial charge in [0.1, 0.15) is 6.54 Å². The van der Waals surface area contributed by atoms with Crippen molar-refractivity contribution in [3.63, 3.8) is 0 Å². The molecule has 0 fully saturated rings. The Bertz CT molecular complexity index is 1220. The predicted octanol–water partition coefficient (Wildman–Crippen LogP) is 5.30. The third-order valence-electron chi connectivity index (χ3n) is 6.31. The minimum absolute atomic E-state index is 0.00683. The summed E-state index contributed by atoms with van der Waals surface area (Å²) in [7, 11) is 0. The van der Waals surface area contributed by atoms with Gasteiger partial charge in [-0.15, -0.1) is 0 Å². The van der Waals surface area contributed by atoms with E-state index in [9.17, 15) is 9.59 Å². The standard InChI is InChI=1S/C29H31N3O2/c1-20-13-16-24(17-21(20)2)26-18-29(34)32(27-12-8-7-11-25(27)31-26)19-28(33)30-22(3)14-15-23-9-5-4-6-10-23/h4-13,16-17,22H,14-15,18-19H2,1-3H3,(H,30,33). The topological polar surface area (TPSA) is 61.8 Å². The second kappa shape index (κ2) is 10.5. The maximum absolute atomic E-state index is 13.3. The Balaban J connectivity index is 1.47. The van der Waals surface area contributed by atoms with Gasteiger partial charge in [0.25, 0.3) is 0 Å². The minimum atomic E-state index is -0.168. The summed E-state index contributed by atoms with van der Waals surface area (Å²) in [4.78, 5) is 32.6. The highest BCUT2D eigenvalue weighted by Crippen LogP contribution is 2.33. The van der Waals surface area contributed by atoms with Crippen molar-refractivity contribution >= 4 is 28.9 Å². The van der Waals surface area contributed by atoms with Crippen LogP contribution in [-0.2, 0) is 16.0 Å². The molecule has 1 heterocycles. The molecule has 4 rings (SSSR count). The molecule has 3 aromatic carbocycles. The molecule has 1 aliphatic rings. The number of aryl methyl sites for hydroxylation is 3. The summed E-state index contributed by atoms with van der Waals surface area (Å²) in [6, 6.07) is 23.9. The Hall–Kier alpha value is -3.73. The fourth-order valence-electron chi connectivity index (χ4n) is 4.17. The van der Waals surface area contributed by atoms with Gasteiger partial charge in [0, 0.05) is 6.04 Å². The van der Waals surface area contributed by atoms with Crippen LogP contribution in [0.15, 0.2) is 77.8 Å². The van der Waals surface area contributed by atoms with Crippen molar-refractivity contribution < 1.29 is 9.59 Å². The van der Waals surface area contributed by atoms with E-state index in [-0.39, 0.29) is 30.8 Å². The third-order valence-corrected chi connectivity index (χ3v) is 6.31. The third kappa shape index (κ3) is 5.60. The SMILES string of the molecule is Cc1ccc(C2=Nc3ccccc3N(CC(=O)NC(C)CCc3ccccc3)C(=O)C2)cc1C. The normalized spacial score (nSPS) is 14.1. The largest absolute Gasteiger partial charge is 0.352 e. The molecule has 0 aliphatic carbocycles. The van der Waals surface area contributed by atoms with E-state index in [1.165, 1.54) is 11.1 Å². The first-order chi connectivity index (χ1) is 16.4. The zero-order valence-electron chi connectivity index (χ0n) is 20.0. The minimum Gasteiger partial charge on any atom is -0.352 e. The lowest BCUT2D eigenvalue weighted by Crippen LogP contribution is -2.43. The van der Waals surface area contributed by atoms with Crippen molar-refractivity contribution in [2.75, 3.05) is 11.4 Å². The van der Waals surface area contributed by atoms with Crippen LogP contribution in [-0.4, -0.2) is 30.1 Å². The number of nitrogens with zero attached hydrogens (tertiary/aromatic N) is 2. The molecule has 0 saturated carbocycles. The van der Waals surface area contributed by atoms with E-state index >= 15 is 0 Å². The van der Waals surface area contributed by atoms with Crippen molar-refractivity contribution in [2.24, 2.45) is 4.99 Å². The lowest BCUT2D eigenvalue weighted by atomic mass is 10.0. The number of anilines is 1. The van der Waals surface area contributed by atoms with E-state index in [1.807, 2.05) is 55.5 Å². The molecular formula is C29H31N3O2. The number of fused-ring (bicyclic) bond motifs is 1. The summed E-state index contributed by atoms with van der Waals surface area (Å²) < 4.78 is 0. The van der Waals surface area contributed by atoms with Gasteiger partial charge in [-0.25, -0.2) is 0 Å². The summed E-state index contributed by atoms with van der Waals surface area (Å²) in [5, 5.41) is 3.06. The average molecular weight is 454 g/mol. The van der Waals surface area contributed by atoms with E-state index in [0.717, 1.165) is 29.7 Å². The molecule has 174 valence electrons. The number of benzene rings is 3. The van der Waals surface area contributed by atoms with Gasteiger partial charge in [-0.05, 0) is 74.1 Å². The van der Waals surface area contributed by atoms with Crippen LogP contribution in [0.25, 0.3) is 0 Å². The lowest BCUT2D eigenvalue weighted by Gasteiger charge is -2.23. The van der Waals surface area contributed by atoms with E-state index in [4.69, 9.17) is 4.99 Å². The quantitative estimate of drug-likeness (QED) is 0.528. The van der Waals surface area contributed by atoms with Gasteiger partial charge >= 0.3 is 0 Å². The fraction of sp³-hybridized carbons (Fsp3) is 0.276. The zero-order chi connectivity index (χ0) is 24.1. The number of hydrogen-bond acceptors (Lipinski definition) is 3. The number of rotatable bonds is 7. The summed E-state index contributed by atoms with van der Waals surface area (Å²) in [6.45, 7) is 6.10. The van der Waals surface area contributed by atoms with Crippen LogP contribution in [0.4, 0.5) is 11.4 Å². The molecule has 0 radical (unpaired) electrons. The molecule has 1 N–H and O–H groups in total. The molecule has 5 heteroatoms. The molecule has 0 aromatic heterocycles. The van der Waals surface area contributed by atoms with Gasteiger partial charge in [0.2, 0.25) is 11.8 Å². The van der Waals surface area contributed by atoms with Crippen LogP contribution in [0.1, 0.15) is 42.0 Å². The van der Waals surface area contributed by atoms with Gasteiger partial charge < -0.3 is 10.2 Å². The average Bonchev–Trinajstić information content (AvgIpc) is 2.96. The van der Waals surface area contributed by atoms with Crippen LogP contribution in [0.5, 0.6) is 0 Å². The van der Waals surface area contributed by atoms with Gasteiger partial charge in [0.15, 0.2) is 0 Å². The summed E-state index contributed by atoms with van der Waals surface area (Å²) >= 11 is 0. The maximum Gasteiger partial charge on any atom is 0.240 e. The zero-order valence-corrected chi connectivity index (χ0v) is 20.0. The van der Waals surface area contributed by atoms with Crippen LogP contribution < -0.4 is 10.2 Å². The summed E-state index contributed by atoms with van der Waals surface area (Å²) in [5.41, 5.74) is 6.63. The monoisotopic (exact) mass is 453 g/mol. The van der Waals surface area contributed by atoms with Crippen LogP contribution in [0.3, 0.4) is 0 Å². The highest BCUT2D eigenvalue weighted by Gasteiger charge is 2.27. The molecule has 34 heavy (non-hydrogen) atoms. The number of para-hydroxylation sites is 2. The Morgan fingerprint density at radius 2 is 1.74 bits per heavy atom. The lowest BCUT2D eigenvalue weighted by molar-refractivity contribution is -0.123. The second-order valence-electron chi connectivity index (χ2n) is 9.00.